The smallest absolute Gasteiger partial charge is 0.321 e. The van der Waals surface area contributed by atoms with Crippen molar-refractivity contribution in [1.29, 1.82) is 0 Å². The molecule has 0 radical (unpaired) electrons. The summed E-state index contributed by atoms with van der Waals surface area (Å²) in [4.78, 5) is 25.5. The van der Waals surface area contributed by atoms with Crippen LogP contribution in [-0.4, -0.2) is 25.0 Å². The number of carbonyl (C=O) groups excluding carboxylic acids is 2. The molecule has 1 atom stereocenters. The Morgan fingerprint density at radius 1 is 1.22 bits per heavy atom. The number of rotatable bonds is 4. The number of methoxy groups -OCH3 is 1. The van der Waals surface area contributed by atoms with Crippen molar-refractivity contribution >= 4 is 11.8 Å². The first-order valence-electron chi connectivity index (χ1n) is 7.76. The Labute approximate surface area is 137 Å². The van der Waals surface area contributed by atoms with Crippen LogP contribution in [0.1, 0.15) is 38.8 Å². The molecule has 0 saturated carbocycles. The number of hydrogen-bond acceptors (Lipinski definition) is 4. The van der Waals surface area contributed by atoms with E-state index < -0.39 is 16.8 Å². The van der Waals surface area contributed by atoms with Gasteiger partial charge in [0.25, 0.3) is 0 Å². The quantitative estimate of drug-likeness (QED) is 0.799. The van der Waals surface area contributed by atoms with Gasteiger partial charge in [-0.3, -0.25) is 9.59 Å². The van der Waals surface area contributed by atoms with Crippen LogP contribution in [0.2, 0.25) is 0 Å². The molecule has 0 aliphatic heterocycles. The Hall–Kier alpha value is -2.10. The molecule has 0 amide bonds. The van der Waals surface area contributed by atoms with Crippen LogP contribution in [0.3, 0.4) is 0 Å². The fraction of sp³-hybridized carbons (Fsp3) is 0.474. The molecule has 0 saturated heterocycles. The minimum absolute atomic E-state index is 0.0956. The zero-order valence-electron chi connectivity index (χ0n) is 14.6. The summed E-state index contributed by atoms with van der Waals surface area (Å²) in [7, 11) is 1.56. The fourth-order valence-corrected chi connectivity index (χ4v) is 3.11. The van der Waals surface area contributed by atoms with E-state index in [4.69, 9.17) is 9.47 Å². The van der Waals surface area contributed by atoms with Crippen molar-refractivity contribution in [2.75, 3.05) is 7.11 Å². The molecular weight excluding hydrogens is 292 g/mol. The van der Waals surface area contributed by atoms with Crippen LogP contribution in [0.4, 0.5) is 0 Å². The van der Waals surface area contributed by atoms with Crippen LogP contribution in [0.25, 0.3) is 0 Å². The van der Waals surface area contributed by atoms with Gasteiger partial charge in [-0.25, -0.2) is 0 Å². The Bertz CT molecular complexity index is 670. The van der Waals surface area contributed by atoms with E-state index in [1.54, 1.807) is 40.9 Å². The van der Waals surface area contributed by atoms with E-state index in [0.717, 1.165) is 5.56 Å². The van der Waals surface area contributed by atoms with E-state index in [-0.39, 0.29) is 11.9 Å². The second-order valence-electron chi connectivity index (χ2n) is 6.79. The van der Waals surface area contributed by atoms with Crippen molar-refractivity contribution < 1.29 is 19.1 Å². The number of hydrogen-bond donors (Lipinski definition) is 0. The van der Waals surface area contributed by atoms with Gasteiger partial charge < -0.3 is 9.47 Å². The monoisotopic (exact) mass is 316 g/mol. The largest absolute Gasteiger partial charge is 0.496 e. The third-order valence-corrected chi connectivity index (χ3v) is 4.53. The van der Waals surface area contributed by atoms with Gasteiger partial charge in [-0.2, -0.15) is 0 Å². The molecule has 0 heterocycles. The van der Waals surface area contributed by atoms with E-state index >= 15 is 0 Å². The van der Waals surface area contributed by atoms with Gasteiger partial charge >= 0.3 is 5.97 Å². The molecule has 1 aliphatic rings. The first-order chi connectivity index (χ1) is 10.7. The molecular formula is C19H24O4. The highest BCUT2D eigenvalue weighted by Gasteiger charge is 2.59. The topological polar surface area (TPSA) is 52.6 Å². The lowest BCUT2D eigenvalue weighted by Gasteiger charge is -2.39. The second kappa shape index (κ2) is 5.84. The van der Waals surface area contributed by atoms with Gasteiger partial charge in [0.1, 0.15) is 11.2 Å². The summed E-state index contributed by atoms with van der Waals surface area (Å²) in [6.07, 6.45) is 2.87. The van der Waals surface area contributed by atoms with Gasteiger partial charge in [-0.1, -0.05) is 37.6 Å². The summed E-state index contributed by atoms with van der Waals surface area (Å²) < 4.78 is 11.0. The number of benzene rings is 1. The molecule has 23 heavy (non-hydrogen) atoms. The van der Waals surface area contributed by atoms with Gasteiger partial charge in [-0.15, -0.1) is 0 Å². The zero-order chi connectivity index (χ0) is 17.4. The highest BCUT2D eigenvalue weighted by molar-refractivity contribution is 6.07. The molecule has 1 aromatic rings. The van der Waals surface area contributed by atoms with E-state index in [1.807, 2.05) is 25.1 Å². The first-order valence-corrected chi connectivity index (χ1v) is 7.76. The van der Waals surface area contributed by atoms with E-state index in [1.165, 1.54) is 6.08 Å². The molecule has 0 aromatic heterocycles. The maximum Gasteiger partial charge on any atom is 0.321 e. The lowest BCUT2D eigenvalue weighted by molar-refractivity contribution is -0.158. The van der Waals surface area contributed by atoms with Gasteiger partial charge in [0.2, 0.25) is 0 Å². The Balaban J connectivity index is 2.75. The van der Waals surface area contributed by atoms with Crippen LogP contribution in [0.15, 0.2) is 30.4 Å². The molecule has 124 valence electrons. The lowest BCUT2D eigenvalue weighted by Crippen LogP contribution is -2.49. The molecule has 2 rings (SSSR count). The summed E-state index contributed by atoms with van der Waals surface area (Å²) in [5.41, 5.74) is -0.481. The second-order valence-corrected chi connectivity index (χ2v) is 6.79. The molecule has 0 fully saturated rings. The minimum atomic E-state index is -1.19. The van der Waals surface area contributed by atoms with Gasteiger partial charge in [0.05, 0.1) is 18.6 Å². The average Bonchev–Trinajstić information content (AvgIpc) is 2.70. The molecule has 4 nitrogen and oxygen atoms in total. The van der Waals surface area contributed by atoms with Crippen LogP contribution in [0, 0.1) is 12.3 Å². The Morgan fingerprint density at radius 2 is 1.87 bits per heavy atom. The summed E-state index contributed by atoms with van der Waals surface area (Å²) in [6, 6.07) is 5.63. The minimum Gasteiger partial charge on any atom is -0.496 e. The highest BCUT2D eigenvalue weighted by atomic mass is 16.5. The number of ketones is 1. The zero-order valence-corrected chi connectivity index (χ0v) is 14.6. The van der Waals surface area contributed by atoms with Crippen molar-refractivity contribution in [3.05, 3.63) is 41.5 Å². The number of carbonyl (C=O) groups is 2. The van der Waals surface area contributed by atoms with Crippen LogP contribution in [0.5, 0.6) is 5.75 Å². The number of allylic oxidation sites excluding steroid dienone is 1. The fourth-order valence-electron chi connectivity index (χ4n) is 3.11. The summed E-state index contributed by atoms with van der Waals surface area (Å²) in [5, 5.41) is 0. The Morgan fingerprint density at radius 3 is 2.35 bits per heavy atom. The lowest BCUT2D eigenvalue weighted by atomic mass is 9.63. The van der Waals surface area contributed by atoms with Crippen molar-refractivity contribution in [2.45, 2.75) is 46.1 Å². The highest BCUT2D eigenvalue weighted by Crippen LogP contribution is 2.51. The molecule has 0 N–H and O–H groups in total. The number of ether oxygens (including phenoxy) is 2. The molecule has 1 aromatic carbocycles. The third kappa shape index (κ3) is 2.56. The summed E-state index contributed by atoms with van der Waals surface area (Å²) in [5.74, 6) is 0.0500. The predicted octanol–water partition coefficient (Wildman–Crippen LogP) is 3.36. The van der Waals surface area contributed by atoms with E-state index in [0.29, 0.717) is 11.3 Å². The molecule has 0 spiro atoms. The maximum absolute atomic E-state index is 13.0. The standard InChI is InChI=1S/C19H24O4/c1-12(2)23-17(21)19(10-9-16(20)18(19,4)5)14-11-13(3)7-8-15(14)22-6/h7-12H,1-6H3/t19-/m0/s1. The predicted molar refractivity (Wildman–Crippen MR) is 88.6 cm³/mol. The van der Waals surface area contributed by atoms with Crippen LogP contribution < -0.4 is 4.74 Å². The van der Waals surface area contributed by atoms with Crippen molar-refractivity contribution in [3.63, 3.8) is 0 Å². The number of aryl methyl sites for hydroxylation is 1. The normalized spacial score (nSPS) is 22.5. The van der Waals surface area contributed by atoms with Crippen LogP contribution in [-0.2, 0) is 19.7 Å². The third-order valence-electron chi connectivity index (χ3n) is 4.53. The molecule has 4 heteroatoms. The Kier molecular flexibility index (Phi) is 4.38. The van der Waals surface area contributed by atoms with Crippen molar-refractivity contribution in [3.8, 4) is 5.75 Å². The van der Waals surface area contributed by atoms with Crippen molar-refractivity contribution in [1.82, 2.24) is 0 Å². The van der Waals surface area contributed by atoms with E-state index in [2.05, 4.69) is 0 Å². The molecule has 1 aliphatic carbocycles. The van der Waals surface area contributed by atoms with Crippen LogP contribution >= 0.6 is 0 Å². The van der Waals surface area contributed by atoms with Gasteiger partial charge in [-0.05, 0) is 32.9 Å². The number of esters is 1. The van der Waals surface area contributed by atoms with Crippen molar-refractivity contribution in [2.24, 2.45) is 5.41 Å². The molecule has 0 bridgehead atoms. The van der Waals surface area contributed by atoms with E-state index in [9.17, 15) is 9.59 Å². The SMILES string of the molecule is COc1ccc(C)cc1[C@]1(C(=O)OC(C)C)C=CC(=O)C1(C)C. The molecule has 0 unspecified atom stereocenters. The maximum atomic E-state index is 13.0. The summed E-state index contributed by atoms with van der Waals surface area (Å²) >= 11 is 0. The average molecular weight is 316 g/mol. The van der Waals surface area contributed by atoms with Gasteiger partial charge in [0.15, 0.2) is 5.78 Å². The van der Waals surface area contributed by atoms with Gasteiger partial charge in [0, 0.05) is 5.56 Å². The summed E-state index contributed by atoms with van der Waals surface area (Å²) in [6.45, 7) is 9.09. The first kappa shape index (κ1) is 17.3.